The summed E-state index contributed by atoms with van der Waals surface area (Å²) in [5.41, 5.74) is 5.87. The van der Waals surface area contributed by atoms with Crippen LogP contribution in [0, 0.1) is 0 Å². The zero-order chi connectivity index (χ0) is 8.97. The van der Waals surface area contributed by atoms with E-state index in [0.717, 1.165) is 5.69 Å². The largest absolute Gasteiger partial charge is 0.368 e. The van der Waals surface area contributed by atoms with Crippen molar-refractivity contribution in [1.82, 2.24) is 14.9 Å². The van der Waals surface area contributed by atoms with Gasteiger partial charge < -0.3 is 11.1 Å². The van der Waals surface area contributed by atoms with E-state index in [1.807, 2.05) is 5.38 Å². The Morgan fingerprint density at radius 2 is 2.67 bits per heavy atom. The van der Waals surface area contributed by atoms with Crippen LogP contribution < -0.4 is 11.1 Å². The molecule has 6 heteroatoms. The lowest BCUT2D eigenvalue weighted by Gasteiger charge is -2.06. The van der Waals surface area contributed by atoms with Crippen LogP contribution in [0.25, 0.3) is 0 Å². The summed E-state index contributed by atoms with van der Waals surface area (Å²) in [5.74, 6) is -0.363. The Morgan fingerprint density at radius 1 is 1.92 bits per heavy atom. The second kappa shape index (κ2) is 4.13. The van der Waals surface area contributed by atoms with Crippen molar-refractivity contribution in [1.29, 1.82) is 0 Å². The third kappa shape index (κ3) is 2.55. The topological polar surface area (TPSA) is 80.9 Å². The zero-order valence-corrected chi connectivity index (χ0v) is 7.47. The summed E-state index contributed by atoms with van der Waals surface area (Å²) in [7, 11) is 0. The standard InChI is InChI=1S/C6H10N4OS/c1-4(6(7)11)8-2-5-3-12-10-9-5/h3-4,8H,2H2,1H3,(H2,7,11). The van der Waals surface area contributed by atoms with Crippen LogP contribution >= 0.6 is 11.5 Å². The first-order chi connectivity index (χ1) is 5.70. The van der Waals surface area contributed by atoms with Crippen LogP contribution in [0.1, 0.15) is 12.6 Å². The summed E-state index contributed by atoms with van der Waals surface area (Å²) in [6.45, 7) is 2.24. The summed E-state index contributed by atoms with van der Waals surface area (Å²) >= 11 is 1.28. The van der Waals surface area contributed by atoms with Crippen LogP contribution in [0.4, 0.5) is 0 Å². The van der Waals surface area contributed by atoms with Gasteiger partial charge in [0.15, 0.2) is 0 Å². The maximum absolute atomic E-state index is 10.6. The van der Waals surface area contributed by atoms with Crippen LogP contribution in [-0.2, 0) is 11.3 Å². The molecule has 5 nitrogen and oxygen atoms in total. The van der Waals surface area contributed by atoms with E-state index >= 15 is 0 Å². The lowest BCUT2D eigenvalue weighted by molar-refractivity contribution is -0.119. The Kier molecular flexibility index (Phi) is 3.12. The fourth-order valence-corrected chi connectivity index (χ4v) is 1.07. The van der Waals surface area contributed by atoms with Gasteiger partial charge in [0, 0.05) is 11.9 Å². The molecule has 0 aliphatic rings. The van der Waals surface area contributed by atoms with E-state index in [1.165, 1.54) is 11.5 Å². The minimum Gasteiger partial charge on any atom is -0.368 e. The van der Waals surface area contributed by atoms with Crippen LogP contribution in [-0.4, -0.2) is 21.5 Å². The highest BCUT2D eigenvalue weighted by Crippen LogP contribution is 1.96. The van der Waals surface area contributed by atoms with Gasteiger partial charge in [0.1, 0.15) is 0 Å². The van der Waals surface area contributed by atoms with Crippen LogP contribution in [0.5, 0.6) is 0 Å². The zero-order valence-electron chi connectivity index (χ0n) is 6.65. The number of amides is 1. The monoisotopic (exact) mass is 186 g/mol. The molecular weight excluding hydrogens is 176 g/mol. The fraction of sp³-hybridized carbons (Fsp3) is 0.500. The first-order valence-corrected chi connectivity index (χ1v) is 4.32. The number of primary amides is 1. The average Bonchev–Trinajstić information content (AvgIpc) is 2.51. The van der Waals surface area contributed by atoms with E-state index in [9.17, 15) is 4.79 Å². The second-order valence-corrected chi connectivity index (χ2v) is 3.01. The Morgan fingerprint density at radius 3 is 3.17 bits per heavy atom. The number of nitrogens with one attached hydrogen (secondary N) is 1. The first kappa shape index (κ1) is 9.08. The highest BCUT2D eigenvalue weighted by molar-refractivity contribution is 7.03. The number of nitrogens with zero attached hydrogens (tertiary/aromatic N) is 2. The Balaban J connectivity index is 2.31. The summed E-state index contributed by atoms with van der Waals surface area (Å²) < 4.78 is 3.68. The highest BCUT2D eigenvalue weighted by atomic mass is 32.1. The van der Waals surface area contributed by atoms with Crippen LogP contribution in [0.2, 0.25) is 0 Å². The molecule has 0 aliphatic carbocycles. The number of carbonyl (C=O) groups is 1. The second-order valence-electron chi connectivity index (χ2n) is 2.40. The summed E-state index contributed by atoms with van der Waals surface area (Å²) in [4.78, 5) is 10.6. The molecule has 0 aromatic carbocycles. The van der Waals surface area contributed by atoms with Gasteiger partial charge in [-0.05, 0) is 18.5 Å². The Hall–Kier alpha value is -1.01. The van der Waals surface area contributed by atoms with Crippen molar-refractivity contribution in [3.05, 3.63) is 11.1 Å². The lowest BCUT2D eigenvalue weighted by atomic mass is 10.3. The summed E-state index contributed by atoms with van der Waals surface area (Å²) in [5, 5.41) is 8.54. The van der Waals surface area contributed by atoms with Crippen molar-refractivity contribution in [2.75, 3.05) is 0 Å². The first-order valence-electron chi connectivity index (χ1n) is 3.49. The van der Waals surface area contributed by atoms with Crippen molar-refractivity contribution in [2.45, 2.75) is 19.5 Å². The molecule has 0 aliphatic heterocycles. The number of aromatic nitrogens is 2. The molecule has 1 rings (SSSR count). The molecule has 0 saturated heterocycles. The van der Waals surface area contributed by atoms with Gasteiger partial charge in [0.05, 0.1) is 11.7 Å². The Bertz CT molecular complexity index is 248. The molecular formula is C6H10N4OS. The molecule has 0 fully saturated rings. The number of nitrogens with two attached hydrogens (primary N) is 1. The minimum atomic E-state index is -0.363. The maximum Gasteiger partial charge on any atom is 0.234 e. The number of rotatable bonds is 4. The SMILES string of the molecule is CC(NCc1csnn1)C(N)=O. The molecule has 66 valence electrons. The van der Waals surface area contributed by atoms with Crippen molar-refractivity contribution in [3.8, 4) is 0 Å². The molecule has 0 spiro atoms. The van der Waals surface area contributed by atoms with Gasteiger partial charge in [-0.3, -0.25) is 4.79 Å². The van der Waals surface area contributed by atoms with Crippen LogP contribution in [0.3, 0.4) is 0 Å². The van der Waals surface area contributed by atoms with E-state index in [1.54, 1.807) is 6.92 Å². The lowest BCUT2D eigenvalue weighted by Crippen LogP contribution is -2.38. The fourth-order valence-electron chi connectivity index (χ4n) is 0.619. The van der Waals surface area contributed by atoms with E-state index in [-0.39, 0.29) is 11.9 Å². The number of hydrogen-bond donors (Lipinski definition) is 2. The molecule has 0 saturated carbocycles. The molecule has 12 heavy (non-hydrogen) atoms. The van der Waals surface area contributed by atoms with Gasteiger partial charge in [-0.25, -0.2) is 0 Å². The average molecular weight is 186 g/mol. The normalized spacial score (nSPS) is 12.8. The van der Waals surface area contributed by atoms with Crippen molar-refractivity contribution in [3.63, 3.8) is 0 Å². The quantitative estimate of drug-likeness (QED) is 0.664. The number of hydrogen-bond acceptors (Lipinski definition) is 5. The highest BCUT2D eigenvalue weighted by Gasteiger charge is 2.07. The van der Waals surface area contributed by atoms with Gasteiger partial charge in [-0.1, -0.05) is 4.49 Å². The molecule has 1 amide bonds. The van der Waals surface area contributed by atoms with Crippen molar-refractivity contribution in [2.24, 2.45) is 5.73 Å². The molecule has 1 atom stereocenters. The smallest absolute Gasteiger partial charge is 0.234 e. The molecule has 1 aromatic heterocycles. The van der Waals surface area contributed by atoms with E-state index in [0.29, 0.717) is 6.54 Å². The van der Waals surface area contributed by atoms with E-state index < -0.39 is 0 Å². The van der Waals surface area contributed by atoms with Crippen LogP contribution in [0.15, 0.2) is 5.38 Å². The van der Waals surface area contributed by atoms with E-state index in [2.05, 4.69) is 14.9 Å². The number of carbonyl (C=O) groups excluding carboxylic acids is 1. The molecule has 1 unspecified atom stereocenters. The van der Waals surface area contributed by atoms with Crippen molar-refractivity contribution < 1.29 is 4.79 Å². The molecule has 0 bridgehead atoms. The third-order valence-electron chi connectivity index (χ3n) is 1.42. The van der Waals surface area contributed by atoms with Gasteiger partial charge in [-0.2, -0.15) is 0 Å². The minimum absolute atomic E-state index is 0.327. The summed E-state index contributed by atoms with van der Waals surface area (Å²) in [6, 6.07) is -0.327. The molecule has 3 N–H and O–H groups in total. The predicted octanol–water partition coefficient (Wildman–Crippen LogP) is -0.499. The van der Waals surface area contributed by atoms with Gasteiger partial charge >= 0.3 is 0 Å². The Labute approximate surface area is 74.1 Å². The molecule has 1 heterocycles. The van der Waals surface area contributed by atoms with E-state index in [4.69, 9.17) is 5.73 Å². The summed E-state index contributed by atoms with van der Waals surface area (Å²) in [6.07, 6.45) is 0. The molecule has 0 radical (unpaired) electrons. The van der Waals surface area contributed by atoms with Gasteiger partial charge in [-0.15, -0.1) is 5.10 Å². The van der Waals surface area contributed by atoms with Crippen molar-refractivity contribution >= 4 is 17.4 Å². The molecule has 1 aromatic rings. The maximum atomic E-state index is 10.6. The van der Waals surface area contributed by atoms with Gasteiger partial charge in [0.2, 0.25) is 5.91 Å². The predicted molar refractivity (Wildman–Crippen MR) is 45.4 cm³/mol. The third-order valence-corrected chi connectivity index (χ3v) is 1.97. The van der Waals surface area contributed by atoms with Gasteiger partial charge in [0.25, 0.3) is 0 Å².